The average molecular weight is 1340 g/mol. The Labute approximate surface area is 609 Å². The highest BCUT2D eigenvalue weighted by Gasteiger charge is 2.18. The van der Waals surface area contributed by atoms with Gasteiger partial charge in [-0.2, -0.15) is 0 Å². The molecule has 0 spiro atoms. The molecule has 0 radical (unpaired) electrons. The monoisotopic (exact) mass is 1340 g/mol. The molecule has 3 heteroatoms. The molecule has 0 aliphatic carbocycles. The Kier molecular flexibility index (Phi) is 15.9. The van der Waals surface area contributed by atoms with Crippen molar-refractivity contribution in [1.29, 1.82) is 0 Å². The van der Waals surface area contributed by atoms with Crippen LogP contribution in [-0.4, -0.2) is 13.7 Å². The zero-order valence-electron chi connectivity index (χ0n) is 57.7. The zero-order valence-corrected chi connectivity index (χ0v) is 57.7. The Morgan fingerprint density at radius 3 is 0.657 bits per heavy atom. The van der Waals surface area contributed by atoms with Gasteiger partial charge in [0.25, 0.3) is 0 Å². The van der Waals surface area contributed by atoms with Gasteiger partial charge >= 0.3 is 0 Å². The van der Waals surface area contributed by atoms with Gasteiger partial charge in [0, 0.05) is 49.4 Å². The van der Waals surface area contributed by atoms with Crippen LogP contribution in [0.1, 0.15) is 0 Å². The summed E-state index contributed by atoms with van der Waals surface area (Å²) in [4.78, 5) is 0. The van der Waals surface area contributed by atoms with Gasteiger partial charge in [-0.05, 0) is 190 Å². The molecule has 0 atom stereocenters. The second-order valence-corrected chi connectivity index (χ2v) is 27.1. The molecule has 21 rings (SSSR count). The van der Waals surface area contributed by atoms with E-state index < -0.39 is 0 Å². The number of hydrogen-bond acceptors (Lipinski definition) is 0. The van der Waals surface area contributed by atoms with Crippen LogP contribution >= 0.6 is 0 Å². The highest BCUT2D eigenvalue weighted by molar-refractivity contribution is 6.26. The fourth-order valence-electron chi connectivity index (χ4n) is 16.0. The van der Waals surface area contributed by atoms with E-state index in [0.29, 0.717) is 0 Å². The summed E-state index contributed by atoms with van der Waals surface area (Å²) < 4.78 is 7.12. The summed E-state index contributed by atoms with van der Waals surface area (Å²) in [5, 5.41) is 15.5. The molecule has 0 saturated heterocycles. The Morgan fingerprint density at radius 1 is 0.105 bits per heavy atom. The summed E-state index contributed by atoms with van der Waals surface area (Å²) in [6, 6.07) is 151. The molecule has 0 amide bonds. The SMILES string of the molecule is c1ccc(-c2ccc(-n3c4ccccc4c4ccc(-c5cccc(-c6ccccc6)c5)cc43)cc2)cc1.c1ccc(-c2cccc(-c3ccc(-n4c5ccccc5c5ccccc54)cc3)c2)cc1.c1ccc2c(c1)c1ccccc1c1cc(-c3ccc(-n4c5ccccc5c5ccccc54)cc3)ccc21. The molecule has 21 aromatic rings. The fourth-order valence-corrected chi connectivity index (χ4v) is 16.0. The van der Waals surface area contributed by atoms with E-state index in [0.717, 1.165) is 0 Å². The zero-order chi connectivity index (χ0) is 69.6. The molecule has 3 heterocycles. The van der Waals surface area contributed by atoms with Gasteiger partial charge in [-0.15, -0.1) is 0 Å². The van der Waals surface area contributed by atoms with Crippen molar-refractivity contribution in [2.24, 2.45) is 0 Å². The van der Waals surface area contributed by atoms with Crippen LogP contribution in [0, 0.1) is 0 Å². The lowest BCUT2D eigenvalue weighted by Crippen LogP contribution is -1.94. The van der Waals surface area contributed by atoms with Gasteiger partial charge in [0.1, 0.15) is 0 Å². The van der Waals surface area contributed by atoms with Crippen molar-refractivity contribution in [2.75, 3.05) is 0 Å². The fraction of sp³-hybridized carbons (Fsp3) is 0. The van der Waals surface area contributed by atoms with E-state index >= 15 is 0 Å². The van der Waals surface area contributed by atoms with E-state index in [1.165, 1.54) is 182 Å². The number of rotatable bonds is 9. The molecule has 0 aliphatic heterocycles. The van der Waals surface area contributed by atoms with Gasteiger partial charge in [-0.3, -0.25) is 0 Å². The Balaban J connectivity index is 0.000000109. The standard InChI is InChI=1S/C36H23N.C36H25N.C30H21N/c1-2-11-29-27(9-1)28-10-3-4-12-30(28)34-23-25(19-22-31(29)34)24-17-20-26(21-18-24)37-35-15-7-5-13-32(35)33-14-6-8-16-36(33)37;1-3-10-26(11-4-1)28-18-21-32(22-19-28)37-35-17-8-7-16-33(35)34-23-20-31(25-36(34)37)30-15-9-14-29(24-30)27-12-5-2-6-13-27;1-2-9-22(10-3-1)24-11-8-12-25(21-24)23-17-19-26(20-18-23)31-29-15-6-4-13-27(29)28-14-5-7-16-30(28)31/h1-23H;1-25H;1-21H. The molecule has 492 valence electrons. The molecule has 0 N–H and O–H groups in total. The minimum absolute atomic E-state index is 1.17. The molecule has 0 aliphatic rings. The number of nitrogens with zero attached hydrogens (tertiary/aromatic N) is 3. The van der Waals surface area contributed by atoms with Crippen molar-refractivity contribution in [2.45, 2.75) is 0 Å². The molecular weight excluding hydrogens is 1270 g/mol. The van der Waals surface area contributed by atoms with Crippen molar-refractivity contribution in [3.63, 3.8) is 0 Å². The summed E-state index contributed by atoms with van der Waals surface area (Å²) >= 11 is 0. The number of benzene rings is 18. The van der Waals surface area contributed by atoms with Crippen LogP contribution in [0.25, 0.3) is 182 Å². The van der Waals surface area contributed by atoms with Crippen LogP contribution in [-0.2, 0) is 0 Å². The first-order chi connectivity index (χ1) is 52.1. The average Bonchev–Trinajstić information content (AvgIpc) is 1.32. The van der Waals surface area contributed by atoms with E-state index in [1.54, 1.807) is 0 Å². The maximum Gasteiger partial charge on any atom is 0.0547 e. The molecule has 18 aromatic carbocycles. The van der Waals surface area contributed by atoms with E-state index in [1.807, 2.05) is 0 Å². The lowest BCUT2D eigenvalue weighted by Gasteiger charge is -2.13. The summed E-state index contributed by atoms with van der Waals surface area (Å²) in [6.07, 6.45) is 0. The highest BCUT2D eigenvalue weighted by Crippen LogP contribution is 2.41. The second kappa shape index (κ2) is 26.9. The molecule has 0 bridgehead atoms. The largest absolute Gasteiger partial charge is 0.309 e. The minimum atomic E-state index is 1.17. The molecule has 105 heavy (non-hydrogen) atoms. The number of fused-ring (bicyclic) bond motifs is 15. The van der Waals surface area contributed by atoms with Crippen molar-refractivity contribution < 1.29 is 0 Å². The number of para-hydroxylation sites is 5. The van der Waals surface area contributed by atoms with Crippen LogP contribution in [0.4, 0.5) is 0 Å². The molecule has 0 unspecified atom stereocenters. The molecule has 3 nitrogen and oxygen atoms in total. The Bertz CT molecular complexity index is 6640. The maximum atomic E-state index is 2.39. The highest BCUT2D eigenvalue weighted by atomic mass is 15.0. The predicted molar refractivity (Wildman–Crippen MR) is 447 cm³/mol. The van der Waals surface area contributed by atoms with Crippen LogP contribution < -0.4 is 0 Å². The van der Waals surface area contributed by atoms with Crippen LogP contribution in [0.3, 0.4) is 0 Å². The van der Waals surface area contributed by atoms with Gasteiger partial charge in [0.15, 0.2) is 0 Å². The summed E-state index contributed by atoms with van der Waals surface area (Å²) in [5.74, 6) is 0. The van der Waals surface area contributed by atoms with Gasteiger partial charge < -0.3 is 13.7 Å². The van der Waals surface area contributed by atoms with Crippen molar-refractivity contribution in [3.8, 4) is 83.8 Å². The number of aromatic nitrogens is 3. The Morgan fingerprint density at radius 2 is 0.305 bits per heavy atom. The molecular formula is C102H69N3. The topological polar surface area (TPSA) is 14.8 Å². The lowest BCUT2D eigenvalue weighted by atomic mass is 9.92. The number of hydrogen-bond donors (Lipinski definition) is 0. The van der Waals surface area contributed by atoms with E-state index in [9.17, 15) is 0 Å². The quantitative estimate of drug-likeness (QED) is 0.128. The van der Waals surface area contributed by atoms with Crippen molar-refractivity contribution >= 4 is 97.7 Å². The van der Waals surface area contributed by atoms with E-state index in [4.69, 9.17) is 0 Å². The third-order valence-corrected chi connectivity index (χ3v) is 21.0. The smallest absolute Gasteiger partial charge is 0.0547 e. The van der Waals surface area contributed by atoms with Gasteiger partial charge in [-0.25, -0.2) is 0 Å². The van der Waals surface area contributed by atoms with E-state index in [2.05, 4.69) is 432 Å². The maximum absolute atomic E-state index is 2.39. The summed E-state index contributed by atoms with van der Waals surface area (Å²) in [7, 11) is 0. The summed E-state index contributed by atoms with van der Waals surface area (Å²) in [5.41, 5.74) is 25.7. The summed E-state index contributed by atoms with van der Waals surface area (Å²) in [6.45, 7) is 0. The van der Waals surface area contributed by atoms with Crippen LogP contribution in [0.5, 0.6) is 0 Å². The molecule has 0 saturated carbocycles. The predicted octanol–water partition coefficient (Wildman–Crippen LogP) is 27.8. The lowest BCUT2D eigenvalue weighted by molar-refractivity contribution is 1.18. The molecule has 0 fully saturated rings. The first-order valence-electron chi connectivity index (χ1n) is 36.1. The van der Waals surface area contributed by atoms with Crippen LogP contribution in [0.2, 0.25) is 0 Å². The normalized spacial score (nSPS) is 11.4. The molecule has 3 aromatic heterocycles. The third-order valence-electron chi connectivity index (χ3n) is 21.0. The van der Waals surface area contributed by atoms with Crippen molar-refractivity contribution in [1.82, 2.24) is 13.7 Å². The third kappa shape index (κ3) is 11.5. The first kappa shape index (κ1) is 62.2. The van der Waals surface area contributed by atoms with Gasteiger partial charge in [0.2, 0.25) is 0 Å². The Hall–Kier alpha value is -13.9. The van der Waals surface area contributed by atoms with Crippen molar-refractivity contribution in [3.05, 3.63) is 419 Å². The van der Waals surface area contributed by atoms with Gasteiger partial charge in [0.05, 0.1) is 33.1 Å². The first-order valence-corrected chi connectivity index (χ1v) is 36.1. The van der Waals surface area contributed by atoms with E-state index in [-0.39, 0.29) is 0 Å². The minimum Gasteiger partial charge on any atom is -0.309 e. The van der Waals surface area contributed by atoms with Crippen LogP contribution in [0.15, 0.2) is 419 Å². The van der Waals surface area contributed by atoms with Gasteiger partial charge in [-0.1, -0.05) is 328 Å². The second-order valence-electron chi connectivity index (χ2n) is 27.1.